The number of fused-ring (bicyclic) bond motifs is 8. The van der Waals surface area contributed by atoms with Gasteiger partial charge in [0.1, 0.15) is 36.2 Å². The third kappa shape index (κ3) is 14.9. The van der Waals surface area contributed by atoms with Crippen LogP contribution in [-0.4, -0.2) is 84.4 Å². The van der Waals surface area contributed by atoms with Crippen molar-refractivity contribution < 1.29 is 29.3 Å². The molecular formula is C58H84N4O6S2. The number of ether oxygens (including phenoxy) is 2. The van der Waals surface area contributed by atoms with Crippen molar-refractivity contribution in [2.24, 2.45) is 11.5 Å². The Morgan fingerprint density at radius 3 is 0.971 bits per heavy atom. The first-order valence-corrected chi connectivity index (χ1v) is 27.7. The molecule has 0 aromatic heterocycles. The molecule has 1 aliphatic rings. The van der Waals surface area contributed by atoms with Crippen molar-refractivity contribution in [2.45, 2.75) is 155 Å². The van der Waals surface area contributed by atoms with Gasteiger partial charge in [0.2, 0.25) is 11.8 Å². The van der Waals surface area contributed by atoms with Crippen molar-refractivity contribution in [3.63, 3.8) is 0 Å². The molecule has 10 nitrogen and oxygen atoms in total. The van der Waals surface area contributed by atoms with Gasteiger partial charge < -0.3 is 41.8 Å². The summed E-state index contributed by atoms with van der Waals surface area (Å²) >= 11 is 3.32. The van der Waals surface area contributed by atoms with Gasteiger partial charge in [-0.05, 0) is 125 Å². The fourth-order valence-corrected chi connectivity index (χ4v) is 9.66. The van der Waals surface area contributed by atoms with Crippen LogP contribution in [-0.2, 0) is 56.9 Å². The standard InChI is InChI=1S/C58H84N4O6S2/c1-55(2,3)43-27-35-23-39-31-45(57(7,8)9)33-41(51(39)67-19-17-61-53(65)47(59)15-21-69-13)25-37-29-44(56(4,5)6)30-38(50(37)64)26-42-34-46(58(10,11)12)32-40(24-36(28-43)49(35)63)52(42)68-20-18-62-54(66)48(60)16-22-70-14/h27-34,47-48,63-64H,15-26,59-60H2,1-14H3,(H,61,65)(H,62,66). The lowest BCUT2D eigenvalue weighted by Crippen LogP contribution is -2.42. The van der Waals surface area contributed by atoms with Crippen molar-refractivity contribution in [3.05, 3.63) is 115 Å². The minimum atomic E-state index is -0.605. The molecule has 0 fully saturated rings. The second-order valence-electron chi connectivity index (χ2n) is 23.3. The fraction of sp³-hybridized carbons (Fsp3) is 0.552. The quantitative estimate of drug-likeness (QED) is 0.0524. The Morgan fingerprint density at radius 2 is 0.743 bits per heavy atom. The molecule has 0 heterocycles. The number of thioether (sulfide) groups is 2. The number of phenolic OH excluding ortho intramolecular Hbond substituents is 2. The number of carbonyl (C=O) groups excluding carboxylic acids is 2. The molecule has 2 unspecified atom stereocenters. The van der Waals surface area contributed by atoms with Crippen LogP contribution < -0.4 is 31.6 Å². The minimum absolute atomic E-state index is 0.191. The average Bonchev–Trinajstić information content (AvgIpc) is 3.26. The monoisotopic (exact) mass is 997 g/mol. The van der Waals surface area contributed by atoms with Crippen LogP contribution in [0.1, 0.15) is 163 Å². The van der Waals surface area contributed by atoms with Gasteiger partial charge in [-0.1, -0.05) is 132 Å². The number of nitrogens with one attached hydrogen (secondary N) is 2. The van der Waals surface area contributed by atoms with E-state index in [0.29, 0.717) is 50.0 Å². The molecule has 12 heteroatoms. The second-order valence-corrected chi connectivity index (χ2v) is 25.3. The number of benzene rings is 4. The molecule has 4 aromatic carbocycles. The average molecular weight is 997 g/mol. The normalized spacial score (nSPS) is 14.2. The van der Waals surface area contributed by atoms with Crippen LogP contribution in [0.2, 0.25) is 0 Å². The Morgan fingerprint density at radius 1 is 0.500 bits per heavy atom. The summed E-state index contributed by atoms with van der Waals surface area (Å²) < 4.78 is 13.6. The number of nitrogens with two attached hydrogens (primary N) is 2. The number of carbonyl (C=O) groups is 2. The molecular weight excluding hydrogens is 913 g/mol. The molecule has 384 valence electrons. The summed E-state index contributed by atoms with van der Waals surface area (Å²) in [6.45, 7) is 27.2. The summed E-state index contributed by atoms with van der Waals surface area (Å²) in [6.07, 6.45) is 6.59. The Bertz CT molecular complexity index is 2210. The molecule has 2 amide bonds. The Kier molecular flexibility index (Phi) is 19.0. The van der Waals surface area contributed by atoms with E-state index in [1.54, 1.807) is 23.5 Å². The van der Waals surface area contributed by atoms with Gasteiger partial charge in [-0.3, -0.25) is 9.59 Å². The molecule has 1 aliphatic carbocycles. The summed E-state index contributed by atoms with van der Waals surface area (Å²) in [6, 6.07) is 16.0. The summed E-state index contributed by atoms with van der Waals surface area (Å²) in [7, 11) is 0. The van der Waals surface area contributed by atoms with Crippen LogP contribution in [0.3, 0.4) is 0 Å². The fourth-order valence-electron chi connectivity index (χ4n) is 8.69. The van der Waals surface area contributed by atoms with Crippen molar-refractivity contribution in [1.29, 1.82) is 0 Å². The molecule has 0 radical (unpaired) electrons. The van der Waals surface area contributed by atoms with E-state index in [2.05, 4.69) is 142 Å². The van der Waals surface area contributed by atoms with E-state index in [-0.39, 0.29) is 71.3 Å². The lowest BCUT2D eigenvalue weighted by molar-refractivity contribution is -0.123. The van der Waals surface area contributed by atoms with E-state index in [9.17, 15) is 19.8 Å². The Balaban J connectivity index is 1.78. The first-order chi connectivity index (χ1) is 32.6. The SMILES string of the molecule is CSCCC(N)C(=O)NCCOc1c2cc(C(C)(C)C)cc1Cc1cc(C(C)(C)C)cc(c1O)Cc1cc(C(C)(C)C)cc(c1OCCNC(=O)C(N)CCSC)Cc1cc(C(C)(C)C)cc(c1O)C2. The first kappa shape index (κ1) is 56.6. The highest BCUT2D eigenvalue weighted by atomic mass is 32.2. The van der Waals surface area contributed by atoms with E-state index < -0.39 is 12.1 Å². The number of hydrogen-bond acceptors (Lipinski definition) is 10. The molecule has 8 N–H and O–H groups in total. The second kappa shape index (κ2) is 23.5. The van der Waals surface area contributed by atoms with Gasteiger partial charge in [0.25, 0.3) is 0 Å². The highest BCUT2D eigenvalue weighted by molar-refractivity contribution is 7.98. The van der Waals surface area contributed by atoms with Crippen LogP contribution in [0.4, 0.5) is 0 Å². The van der Waals surface area contributed by atoms with Crippen molar-refractivity contribution in [3.8, 4) is 23.0 Å². The lowest BCUT2D eigenvalue weighted by Gasteiger charge is -2.28. The maximum atomic E-state index is 13.0. The van der Waals surface area contributed by atoms with Crippen molar-refractivity contribution in [2.75, 3.05) is 50.3 Å². The molecule has 0 aliphatic heterocycles. The van der Waals surface area contributed by atoms with E-state index in [1.165, 1.54) is 0 Å². The van der Waals surface area contributed by atoms with Crippen LogP contribution in [0.15, 0.2) is 48.5 Å². The number of hydrogen-bond donors (Lipinski definition) is 6. The third-order valence-corrected chi connectivity index (χ3v) is 14.5. The molecule has 2 atom stereocenters. The van der Waals surface area contributed by atoms with E-state index in [1.807, 2.05) is 12.5 Å². The first-order valence-electron chi connectivity index (χ1n) is 24.9. The highest BCUT2D eigenvalue weighted by Gasteiger charge is 2.29. The maximum Gasteiger partial charge on any atom is 0.237 e. The molecule has 5 rings (SSSR count). The van der Waals surface area contributed by atoms with Crippen molar-refractivity contribution in [1.82, 2.24) is 10.6 Å². The topological polar surface area (TPSA) is 169 Å². The van der Waals surface area contributed by atoms with E-state index >= 15 is 0 Å². The Labute approximate surface area is 428 Å². The smallest absolute Gasteiger partial charge is 0.237 e. The van der Waals surface area contributed by atoms with Gasteiger partial charge in [0.05, 0.1) is 25.2 Å². The van der Waals surface area contributed by atoms with Gasteiger partial charge in [-0.15, -0.1) is 0 Å². The van der Waals surface area contributed by atoms with Gasteiger partial charge in [-0.25, -0.2) is 0 Å². The number of aromatic hydroxyl groups is 2. The van der Waals surface area contributed by atoms with Gasteiger partial charge in [0, 0.05) is 25.7 Å². The maximum absolute atomic E-state index is 13.0. The van der Waals surface area contributed by atoms with E-state index in [0.717, 1.165) is 78.3 Å². The molecule has 70 heavy (non-hydrogen) atoms. The zero-order chi connectivity index (χ0) is 51.9. The Hall–Kier alpha value is -4.36. The summed E-state index contributed by atoms with van der Waals surface area (Å²) in [4.78, 5) is 26.0. The van der Waals surface area contributed by atoms with E-state index in [4.69, 9.17) is 20.9 Å². The van der Waals surface area contributed by atoms with Crippen molar-refractivity contribution >= 4 is 35.3 Å². The number of phenols is 2. The minimum Gasteiger partial charge on any atom is -0.507 e. The van der Waals surface area contributed by atoms with Crippen LogP contribution in [0, 0.1) is 0 Å². The van der Waals surface area contributed by atoms with Crippen LogP contribution in [0.25, 0.3) is 0 Å². The lowest BCUT2D eigenvalue weighted by atomic mass is 9.79. The number of amides is 2. The summed E-state index contributed by atoms with van der Waals surface area (Å²) in [5.74, 6) is 2.91. The third-order valence-electron chi connectivity index (χ3n) is 13.2. The molecule has 8 bridgehead atoms. The van der Waals surface area contributed by atoms with Gasteiger partial charge in [0.15, 0.2) is 0 Å². The number of rotatable bonds is 16. The molecule has 0 spiro atoms. The summed E-state index contributed by atoms with van der Waals surface area (Å²) in [5.41, 5.74) is 22.4. The molecule has 4 aromatic rings. The largest absolute Gasteiger partial charge is 0.507 e. The molecule has 0 saturated heterocycles. The predicted molar refractivity (Wildman–Crippen MR) is 294 cm³/mol. The predicted octanol–water partition coefficient (Wildman–Crippen LogP) is 10.1. The van der Waals surface area contributed by atoms with Gasteiger partial charge in [-0.2, -0.15) is 23.5 Å². The summed E-state index contributed by atoms with van der Waals surface area (Å²) in [5, 5.41) is 31.3. The van der Waals surface area contributed by atoms with Crippen LogP contribution >= 0.6 is 23.5 Å². The highest BCUT2D eigenvalue weighted by Crippen LogP contribution is 2.44. The zero-order valence-corrected chi connectivity index (χ0v) is 46.4. The molecule has 0 saturated carbocycles. The zero-order valence-electron chi connectivity index (χ0n) is 44.8. The van der Waals surface area contributed by atoms with Gasteiger partial charge >= 0.3 is 0 Å². The van der Waals surface area contributed by atoms with Crippen LogP contribution in [0.5, 0.6) is 23.0 Å².